The van der Waals surface area contributed by atoms with Crippen LogP contribution >= 0.6 is 0 Å². The topological polar surface area (TPSA) is 41.6 Å². The summed E-state index contributed by atoms with van der Waals surface area (Å²) in [6.07, 6.45) is 0. The minimum atomic E-state index is -0.0141. The molecule has 0 aliphatic rings. The Balaban J connectivity index is 1.96. The number of benzene rings is 2. The lowest BCUT2D eigenvalue weighted by molar-refractivity contribution is -0.117. The molecule has 0 saturated heterocycles. The average molecular weight is 312 g/mol. The molecule has 0 radical (unpaired) electrons. The van der Waals surface area contributed by atoms with Crippen molar-refractivity contribution in [3.63, 3.8) is 0 Å². The molecule has 2 aromatic rings. The van der Waals surface area contributed by atoms with Crippen molar-refractivity contribution < 1.29 is 9.53 Å². The Bertz CT molecular complexity index is 611. The fourth-order valence-electron chi connectivity index (χ4n) is 2.52. The second-order valence-electron chi connectivity index (χ2n) is 5.43. The van der Waals surface area contributed by atoms with Gasteiger partial charge in [-0.1, -0.05) is 37.3 Å². The van der Waals surface area contributed by atoms with Gasteiger partial charge < -0.3 is 10.1 Å². The van der Waals surface area contributed by atoms with Crippen LogP contribution in [-0.2, 0) is 4.79 Å². The third kappa shape index (κ3) is 4.83. The number of carbonyl (C=O) groups excluding carboxylic acids is 1. The van der Waals surface area contributed by atoms with E-state index in [1.165, 1.54) is 5.56 Å². The normalized spacial score (nSPS) is 12.0. The first kappa shape index (κ1) is 17.0. The Labute approximate surface area is 138 Å². The average Bonchev–Trinajstić information content (AvgIpc) is 2.60. The highest BCUT2D eigenvalue weighted by Crippen LogP contribution is 2.20. The van der Waals surface area contributed by atoms with Crippen molar-refractivity contribution in [3.05, 3.63) is 60.2 Å². The third-order valence-electron chi connectivity index (χ3n) is 3.96. The lowest BCUT2D eigenvalue weighted by Crippen LogP contribution is -2.35. The molecule has 1 amide bonds. The van der Waals surface area contributed by atoms with Gasteiger partial charge in [0.15, 0.2) is 0 Å². The Morgan fingerprint density at radius 1 is 1.13 bits per heavy atom. The van der Waals surface area contributed by atoms with Crippen LogP contribution in [0.15, 0.2) is 54.6 Å². The zero-order valence-corrected chi connectivity index (χ0v) is 14.0. The van der Waals surface area contributed by atoms with Crippen LogP contribution in [0.25, 0.3) is 0 Å². The number of likely N-dealkylation sites (N-methyl/N-ethyl adjacent to an activating group) is 1. The van der Waals surface area contributed by atoms with Crippen molar-refractivity contribution in [1.82, 2.24) is 4.90 Å². The number of nitrogens with zero attached hydrogens (tertiary/aromatic N) is 1. The minimum Gasteiger partial charge on any atom is -0.497 e. The molecule has 0 saturated carbocycles. The molecule has 1 atom stereocenters. The number of rotatable bonds is 7. The Morgan fingerprint density at radius 3 is 2.35 bits per heavy atom. The van der Waals surface area contributed by atoms with Gasteiger partial charge in [0.1, 0.15) is 5.75 Å². The molecule has 122 valence electrons. The minimum absolute atomic E-state index is 0.0141. The first-order chi connectivity index (χ1) is 11.1. The molecule has 4 nitrogen and oxygen atoms in total. The monoisotopic (exact) mass is 312 g/mol. The first-order valence-electron chi connectivity index (χ1n) is 7.87. The molecule has 0 aromatic heterocycles. The van der Waals surface area contributed by atoms with Crippen LogP contribution in [0, 0.1) is 0 Å². The summed E-state index contributed by atoms with van der Waals surface area (Å²) in [4.78, 5) is 14.4. The molecular weight excluding hydrogens is 288 g/mol. The van der Waals surface area contributed by atoms with Crippen molar-refractivity contribution in [2.45, 2.75) is 19.9 Å². The van der Waals surface area contributed by atoms with E-state index in [0.717, 1.165) is 18.0 Å². The largest absolute Gasteiger partial charge is 0.497 e. The van der Waals surface area contributed by atoms with Gasteiger partial charge in [0.2, 0.25) is 5.91 Å². The zero-order valence-electron chi connectivity index (χ0n) is 14.0. The molecule has 2 aromatic carbocycles. The van der Waals surface area contributed by atoms with E-state index in [0.29, 0.717) is 6.54 Å². The van der Waals surface area contributed by atoms with Gasteiger partial charge in [-0.2, -0.15) is 0 Å². The molecule has 0 heterocycles. The fourth-order valence-corrected chi connectivity index (χ4v) is 2.52. The van der Waals surface area contributed by atoms with E-state index in [-0.39, 0.29) is 11.9 Å². The molecule has 1 N–H and O–H groups in total. The Morgan fingerprint density at radius 2 is 1.78 bits per heavy atom. The number of amides is 1. The SMILES string of the molecule is CCN(CC(=O)Nc1ccc(OC)cc1)[C@H](C)c1ccccc1. The van der Waals surface area contributed by atoms with E-state index in [1.54, 1.807) is 7.11 Å². The van der Waals surface area contributed by atoms with Gasteiger partial charge in [0.25, 0.3) is 0 Å². The van der Waals surface area contributed by atoms with E-state index in [4.69, 9.17) is 4.74 Å². The molecule has 4 heteroatoms. The molecule has 0 bridgehead atoms. The molecule has 0 unspecified atom stereocenters. The molecule has 23 heavy (non-hydrogen) atoms. The number of anilines is 1. The van der Waals surface area contributed by atoms with Gasteiger partial charge in [-0.05, 0) is 43.3 Å². The summed E-state index contributed by atoms with van der Waals surface area (Å²) in [5.74, 6) is 0.760. The fraction of sp³-hybridized carbons (Fsp3) is 0.316. The lowest BCUT2D eigenvalue weighted by atomic mass is 10.1. The maximum atomic E-state index is 12.3. The third-order valence-corrected chi connectivity index (χ3v) is 3.96. The molecule has 0 aliphatic carbocycles. The number of carbonyl (C=O) groups is 1. The van der Waals surface area contributed by atoms with Gasteiger partial charge in [-0.15, -0.1) is 0 Å². The number of methoxy groups -OCH3 is 1. The first-order valence-corrected chi connectivity index (χ1v) is 7.87. The maximum Gasteiger partial charge on any atom is 0.238 e. The molecular formula is C19H24N2O2. The standard InChI is InChI=1S/C19H24N2O2/c1-4-21(15(2)16-8-6-5-7-9-16)14-19(22)20-17-10-12-18(23-3)13-11-17/h5-13,15H,4,14H2,1-3H3,(H,20,22)/t15-/m1/s1. The van der Waals surface area contributed by atoms with E-state index in [2.05, 4.69) is 36.2 Å². The predicted molar refractivity (Wildman–Crippen MR) is 93.7 cm³/mol. The van der Waals surface area contributed by atoms with Gasteiger partial charge in [0, 0.05) is 11.7 Å². The second kappa shape index (κ2) is 8.34. The van der Waals surface area contributed by atoms with Crippen LogP contribution < -0.4 is 10.1 Å². The summed E-state index contributed by atoms with van der Waals surface area (Å²) in [6.45, 7) is 5.37. The number of nitrogens with one attached hydrogen (secondary N) is 1. The number of ether oxygens (including phenoxy) is 1. The summed E-state index contributed by atoms with van der Waals surface area (Å²) >= 11 is 0. The summed E-state index contributed by atoms with van der Waals surface area (Å²) in [5, 5.41) is 2.93. The highest BCUT2D eigenvalue weighted by atomic mass is 16.5. The summed E-state index contributed by atoms with van der Waals surface area (Å²) in [7, 11) is 1.62. The lowest BCUT2D eigenvalue weighted by Gasteiger charge is -2.27. The molecule has 0 fully saturated rings. The van der Waals surface area contributed by atoms with E-state index in [9.17, 15) is 4.79 Å². The van der Waals surface area contributed by atoms with Crippen LogP contribution in [0.2, 0.25) is 0 Å². The van der Waals surface area contributed by atoms with Gasteiger partial charge in [-0.3, -0.25) is 9.69 Å². The maximum absolute atomic E-state index is 12.3. The van der Waals surface area contributed by atoms with Crippen LogP contribution in [0.5, 0.6) is 5.75 Å². The Kier molecular flexibility index (Phi) is 6.18. The summed E-state index contributed by atoms with van der Waals surface area (Å²) in [6, 6.07) is 17.8. The molecule has 0 spiro atoms. The van der Waals surface area contributed by atoms with Crippen molar-refractivity contribution in [3.8, 4) is 5.75 Å². The van der Waals surface area contributed by atoms with Crippen LogP contribution in [0.3, 0.4) is 0 Å². The number of hydrogen-bond donors (Lipinski definition) is 1. The van der Waals surface area contributed by atoms with E-state index in [1.807, 2.05) is 42.5 Å². The van der Waals surface area contributed by atoms with Gasteiger partial charge >= 0.3 is 0 Å². The summed E-state index contributed by atoms with van der Waals surface area (Å²) < 4.78 is 5.12. The van der Waals surface area contributed by atoms with Crippen molar-refractivity contribution in [2.24, 2.45) is 0 Å². The van der Waals surface area contributed by atoms with Gasteiger partial charge in [0.05, 0.1) is 13.7 Å². The highest BCUT2D eigenvalue weighted by Gasteiger charge is 2.17. The zero-order chi connectivity index (χ0) is 16.7. The van der Waals surface area contributed by atoms with Crippen LogP contribution in [0.4, 0.5) is 5.69 Å². The Hall–Kier alpha value is -2.33. The van der Waals surface area contributed by atoms with Crippen molar-refractivity contribution >= 4 is 11.6 Å². The molecule has 0 aliphatic heterocycles. The van der Waals surface area contributed by atoms with Gasteiger partial charge in [-0.25, -0.2) is 0 Å². The summed E-state index contributed by atoms with van der Waals surface area (Å²) in [5.41, 5.74) is 1.99. The van der Waals surface area contributed by atoms with E-state index >= 15 is 0 Å². The predicted octanol–water partition coefficient (Wildman–Crippen LogP) is 3.72. The smallest absolute Gasteiger partial charge is 0.238 e. The second-order valence-corrected chi connectivity index (χ2v) is 5.43. The highest BCUT2D eigenvalue weighted by molar-refractivity contribution is 5.92. The molecule has 2 rings (SSSR count). The van der Waals surface area contributed by atoms with Crippen molar-refractivity contribution in [2.75, 3.05) is 25.5 Å². The van der Waals surface area contributed by atoms with Crippen LogP contribution in [0.1, 0.15) is 25.5 Å². The van der Waals surface area contributed by atoms with Crippen molar-refractivity contribution in [1.29, 1.82) is 0 Å². The van der Waals surface area contributed by atoms with Crippen LogP contribution in [-0.4, -0.2) is 31.0 Å². The quantitative estimate of drug-likeness (QED) is 0.847. The van der Waals surface area contributed by atoms with E-state index < -0.39 is 0 Å². The number of hydrogen-bond acceptors (Lipinski definition) is 3.